The number of nitrogens with two attached hydrogens (primary N) is 1. The molecule has 1 aliphatic heterocycles. The summed E-state index contributed by atoms with van der Waals surface area (Å²) < 4.78 is 11.1. The van der Waals surface area contributed by atoms with Crippen LogP contribution in [0.2, 0.25) is 0 Å². The molecule has 3 N–H and O–H groups in total. The third kappa shape index (κ3) is 2.56. The van der Waals surface area contributed by atoms with E-state index in [1.165, 1.54) is 25.7 Å². The third-order valence-corrected chi connectivity index (χ3v) is 4.21. The zero-order valence-corrected chi connectivity index (χ0v) is 10.2. The van der Waals surface area contributed by atoms with Gasteiger partial charge in [0.15, 0.2) is 0 Å². The van der Waals surface area contributed by atoms with Crippen molar-refractivity contribution in [3.05, 3.63) is 0 Å². The number of hydrogen-bond donors (Lipinski definition) is 2. The molecule has 2 fully saturated rings. The van der Waals surface area contributed by atoms with E-state index in [1.54, 1.807) is 7.11 Å². The maximum atomic E-state index is 5.93. The Morgan fingerprint density at radius 1 is 1.56 bits per heavy atom. The standard InChI is InChI=1S/C12H24N2O2/c1-15-7-4-11(14-13)10-3-8-16-12(9-10)5-2-6-12/h10-11,14H,2-9,13H2,1H3. The molecule has 4 heteroatoms. The Bertz CT molecular complexity index is 219. The maximum Gasteiger partial charge on any atom is 0.0685 e. The average Bonchev–Trinajstić information content (AvgIpc) is 2.28. The molecule has 4 nitrogen and oxygen atoms in total. The Labute approximate surface area is 97.8 Å². The van der Waals surface area contributed by atoms with Crippen molar-refractivity contribution in [2.45, 2.75) is 50.2 Å². The van der Waals surface area contributed by atoms with Crippen LogP contribution in [0, 0.1) is 5.92 Å². The second-order valence-electron chi connectivity index (χ2n) is 5.19. The zero-order valence-electron chi connectivity index (χ0n) is 10.2. The molecule has 0 bridgehead atoms. The van der Waals surface area contributed by atoms with E-state index in [9.17, 15) is 0 Å². The molecular formula is C12H24N2O2. The first-order chi connectivity index (χ1) is 7.79. The van der Waals surface area contributed by atoms with Crippen LogP contribution in [-0.4, -0.2) is 32.0 Å². The number of hydrazine groups is 1. The van der Waals surface area contributed by atoms with Gasteiger partial charge in [0.1, 0.15) is 0 Å². The van der Waals surface area contributed by atoms with Crippen LogP contribution < -0.4 is 11.3 Å². The van der Waals surface area contributed by atoms with Crippen LogP contribution in [-0.2, 0) is 9.47 Å². The summed E-state index contributed by atoms with van der Waals surface area (Å²) in [5.74, 6) is 6.29. The molecule has 1 heterocycles. The van der Waals surface area contributed by atoms with E-state index in [-0.39, 0.29) is 5.60 Å². The highest BCUT2D eigenvalue weighted by atomic mass is 16.5. The van der Waals surface area contributed by atoms with Gasteiger partial charge in [-0.05, 0) is 44.4 Å². The Morgan fingerprint density at radius 2 is 2.38 bits per heavy atom. The van der Waals surface area contributed by atoms with Crippen LogP contribution in [0.5, 0.6) is 0 Å². The van der Waals surface area contributed by atoms with E-state index < -0.39 is 0 Å². The monoisotopic (exact) mass is 228 g/mol. The van der Waals surface area contributed by atoms with Crippen molar-refractivity contribution < 1.29 is 9.47 Å². The van der Waals surface area contributed by atoms with Crippen LogP contribution in [0.1, 0.15) is 38.5 Å². The normalized spacial score (nSPS) is 30.0. The molecule has 1 saturated heterocycles. The number of methoxy groups -OCH3 is 1. The van der Waals surface area contributed by atoms with Crippen LogP contribution in [0.15, 0.2) is 0 Å². The van der Waals surface area contributed by atoms with Gasteiger partial charge in [0.05, 0.1) is 5.60 Å². The number of hydrogen-bond acceptors (Lipinski definition) is 4. The molecule has 1 spiro atoms. The lowest BCUT2D eigenvalue weighted by Gasteiger charge is -2.48. The Balaban J connectivity index is 1.86. The molecule has 2 unspecified atom stereocenters. The molecule has 0 aromatic rings. The molecule has 0 amide bonds. The van der Waals surface area contributed by atoms with E-state index in [2.05, 4.69) is 5.43 Å². The first-order valence-electron chi connectivity index (χ1n) is 6.39. The summed E-state index contributed by atoms with van der Waals surface area (Å²) in [6, 6.07) is 0.376. The number of ether oxygens (including phenoxy) is 2. The van der Waals surface area contributed by atoms with Crippen LogP contribution in [0.3, 0.4) is 0 Å². The smallest absolute Gasteiger partial charge is 0.0685 e. The number of nitrogens with one attached hydrogen (secondary N) is 1. The minimum absolute atomic E-state index is 0.213. The molecule has 16 heavy (non-hydrogen) atoms. The summed E-state index contributed by atoms with van der Waals surface area (Å²) in [6.45, 7) is 1.68. The van der Waals surface area contributed by atoms with Gasteiger partial charge in [-0.3, -0.25) is 11.3 Å². The minimum Gasteiger partial charge on any atom is -0.385 e. The van der Waals surface area contributed by atoms with Crippen molar-refractivity contribution in [1.82, 2.24) is 5.43 Å². The van der Waals surface area contributed by atoms with Crippen molar-refractivity contribution in [2.24, 2.45) is 11.8 Å². The predicted octanol–water partition coefficient (Wildman–Crippen LogP) is 1.20. The molecule has 1 aliphatic carbocycles. The summed E-state index contributed by atoms with van der Waals surface area (Å²) in [6.07, 6.45) is 7.10. The molecule has 0 aromatic carbocycles. The SMILES string of the molecule is COCCC(NN)C1CCOC2(CCC2)C1. The number of rotatable bonds is 5. The van der Waals surface area contributed by atoms with Gasteiger partial charge in [-0.25, -0.2) is 0 Å². The molecule has 1 saturated carbocycles. The zero-order chi connectivity index (χ0) is 11.4. The van der Waals surface area contributed by atoms with Gasteiger partial charge in [0.25, 0.3) is 0 Å². The first-order valence-corrected chi connectivity index (χ1v) is 6.39. The lowest BCUT2D eigenvalue weighted by molar-refractivity contribution is -0.147. The summed E-state index contributed by atoms with van der Waals surface area (Å²) in [5, 5.41) is 0. The lowest BCUT2D eigenvalue weighted by atomic mass is 9.70. The fraction of sp³-hybridized carbons (Fsp3) is 1.00. The fourth-order valence-electron chi connectivity index (χ4n) is 3.03. The second kappa shape index (κ2) is 5.45. The molecule has 94 valence electrons. The van der Waals surface area contributed by atoms with Gasteiger partial charge in [-0.2, -0.15) is 0 Å². The largest absolute Gasteiger partial charge is 0.385 e. The van der Waals surface area contributed by atoms with Crippen LogP contribution >= 0.6 is 0 Å². The van der Waals surface area contributed by atoms with E-state index in [4.69, 9.17) is 15.3 Å². The van der Waals surface area contributed by atoms with E-state index >= 15 is 0 Å². The Kier molecular flexibility index (Phi) is 4.19. The quantitative estimate of drug-likeness (QED) is 0.548. The van der Waals surface area contributed by atoms with Gasteiger partial charge in [-0.15, -0.1) is 0 Å². The summed E-state index contributed by atoms with van der Waals surface area (Å²) in [5.41, 5.74) is 3.17. The minimum atomic E-state index is 0.213. The van der Waals surface area contributed by atoms with Crippen LogP contribution in [0.4, 0.5) is 0 Å². The highest BCUT2D eigenvalue weighted by Gasteiger charge is 2.43. The highest BCUT2D eigenvalue weighted by Crippen LogP contribution is 2.45. The van der Waals surface area contributed by atoms with Gasteiger partial charge in [0.2, 0.25) is 0 Å². The van der Waals surface area contributed by atoms with Crippen molar-refractivity contribution >= 4 is 0 Å². The van der Waals surface area contributed by atoms with Gasteiger partial charge in [-0.1, -0.05) is 0 Å². The van der Waals surface area contributed by atoms with Crippen molar-refractivity contribution in [3.8, 4) is 0 Å². The second-order valence-corrected chi connectivity index (χ2v) is 5.19. The van der Waals surface area contributed by atoms with Crippen molar-refractivity contribution in [2.75, 3.05) is 20.3 Å². The summed E-state index contributed by atoms with van der Waals surface area (Å²) >= 11 is 0. The molecule has 0 radical (unpaired) electrons. The van der Waals surface area contributed by atoms with E-state index in [1.807, 2.05) is 0 Å². The van der Waals surface area contributed by atoms with Gasteiger partial charge in [0, 0.05) is 26.4 Å². The van der Waals surface area contributed by atoms with Crippen molar-refractivity contribution in [3.63, 3.8) is 0 Å². The topological polar surface area (TPSA) is 56.5 Å². The Morgan fingerprint density at radius 3 is 2.94 bits per heavy atom. The highest BCUT2D eigenvalue weighted by molar-refractivity contribution is 4.96. The van der Waals surface area contributed by atoms with Gasteiger partial charge >= 0.3 is 0 Å². The lowest BCUT2D eigenvalue weighted by Crippen LogP contribution is -2.51. The molecule has 2 rings (SSSR count). The predicted molar refractivity (Wildman–Crippen MR) is 62.9 cm³/mol. The average molecular weight is 228 g/mol. The van der Waals surface area contributed by atoms with Crippen molar-refractivity contribution in [1.29, 1.82) is 0 Å². The molecule has 2 atom stereocenters. The maximum absolute atomic E-state index is 5.93. The Hall–Kier alpha value is -0.160. The van der Waals surface area contributed by atoms with Crippen LogP contribution in [0.25, 0.3) is 0 Å². The summed E-state index contributed by atoms with van der Waals surface area (Å²) in [4.78, 5) is 0. The van der Waals surface area contributed by atoms with E-state index in [0.717, 1.165) is 26.1 Å². The first kappa shape index (κ1) is 12.3. The molecule has 2 aliphatic rings. The van der Waals surface area contributed by atoms with E-state index in [0.29, 0.717) is 12.0 Å². The third-order valence-electron chi connectivity index (χ3n) is 4.21. The molecular weight excluding hydrogens is 204 g/mol. The van der Waals surface area contributed by atoms with Gasteiger partial charge < -0.3 is 9.47 Å². The summed E-state index contributed by atoms with van der Waals surface area (Å²) in [7, 11) is 1.74. The fourth-order valence-corrected chi connectivity index (χ4v) is 3.03. The molecule has 0 aromatic heterocycles.